The van der Waals surface area contributed by atoms with Gasteiger partial charge in [-0.2, -0.15) is 13.2 Å². The van der Waals surface area contributed by atoms with Crippen molar-refractivity contribution in [2.75, 3.05) is 13.1 Å². The second-order valence-electron chi connectivity index (χ2n) is 10.2. The van der Waals surface area contributed by atoms with Crippen molar-refractivity contribution < 1.29 is 18.0 Å². The van der Waals surface area contributed by atoms with Crippen LogP contribution in [0.5, 0.6) is 0 Å². The summed E-state index contributed by atoms with van der Waals surface area (Å²) in [5.74, 6) is -0.488. The third-order valence-corrected chi connectivity index (χ3v) is 7.31. The zero-order valence-corrected chi connectivity index (χ0v) is 22.1. The van der Waals surface area contributed by atoms with Crippen molar-refractivity contribution in [2.24, 2.45) is 0 Å². The monoisotopic (exact) mass is 552 g/mol. The van der Waals surface area contributed by atoms with Gasteiger partial charge in [0.25, 0.3) is 5.91 Å². The number of rotatable bonds is 6. The standard InChI is InChI=1S/C33H27F3N4O/c34-33(35,36)26-10-6-9-25(19-26)32(41)37-27-17-18-40(21-27)20-22-13-15-24(16-14-22)31-30(23-7-2-1-3-8-23)38-28-11-4-5-12-29(28)39-31/h1-16,19,27H,17-18,20-21H2,(H,37,41)/t27-/m1/s1. The summed E-state index contributed by atoms with van der Waals surface area (Å²) >= 11 is 0. The molecule has 206 valence electrons. The molecule has 1 N–H and O–H groups in total. The molecule has 1 fully saturated rings. The van der Waals surface area contributed by atoms with Crippen LogP contribution in [0.15, 0.2) is 103 Å². The van der Waals surface area contributed by atoms with Gasteiger partial charge >= 0.3 is 6.18 Å². The molecule has 1 saturated heterocycles. The van der Waals surface area contributed by atoms with Gasteiger partial charge in [-0.3, -0.25) is 9.69 Å². The van der Waals surface area contributed by atoms with Crippen LogP contribution in [0.4, 0.5) is 13.2 Å². The summed E-state index contributed by atoms with van der Waals surface area (Å²) in [6.07, 6.45) is -3.75. The van der Waals surface area contributed by atoms with E-state index in [0.29, 0.717) is 13.1 Å². The Hall–Kier alpha value is -4.56. The van der Waals surface area contributed by atoms with Gasteiger partial charge < -0.3 is 5.32 Å². The number of hydrogen-bond donors (Lipinski definition) is 1. The number of fused-ring (bicyclic) bond motifs is 1. The molecule has 1 atom stereocenters. The first-order chi connectivity index (χ1) is 19.8. The van der Waals surface area contributed by atoms with Gasteiger partial charge in [0.15, 0.2) is 0 Å². The first-order valence-corrected chi connectivity index (χ1v) is 13.5. The van der Waals surface area contributed by atoms with Crippen molar-refractivity contribution >= 4 is 16.9 Å². The van der Waals surface area contributed by atoms with Gasteiger partial charge in [-0.15, -0.1) is 0 Å². The van der Waals surface area contributed by atoms with Crippen LogP contribution in [-0.4, -0.2) is 39.9 Å². The lowest BCUT2D eigenvalue weighted by Gasteiger charge is -2.17. The summed E-state index contributed by atoms with van der Waals surface area (Å²) in [5, 5.41) is 2.89. The zero-order chi connectivity index (χ0) is 28.4. The molecule has 1 amide bonds. The average molecular weight is 553 g/mol. The van der Waals surface area contributed by atoms with E-state index in [2.05, 4.69) is 34.5 Å². The fraction of sp³-hybridized carbons (Fsp3) is 0.182. The molecule has 1 aromatic heterocycles. The number of benzene rings is 4. The molecule has 0 unspecified atom stereocenters. The van der Waals surface area contributed by atoms with Gasteiger partial charge in [0, 0.05) is 42.4 Å². The van der Waals surface area contributed by atoms with E-state index in [9.17, 15) is 18.0 Å². The van der Waals surface area contributed by atoms with Crippen LogP contribution < -0.4 is 5.32 Å². The highest BCUT2D eigenvalue weighted by atomic mass is 19.4. The number of alkyl halides is 3. The van der Waals surface area contributed by atoms with E-state index in [1.807, 2.05) is 54.6 Å². The van der Waals surface area contributed by atoms with Crippen LogP contribution in [0.3, 0.4) is 0 Å². The Labute approximate surface area is 235 Å². The molecule has 41 heavy (non-hydrogen) atoms. The van der Waals surface area contributed by atoms with Crippen molar-refractivity contribution in [1.29, 1.82) is 0 Å². The molecule has 5 nitrogen and oxygen atoms in total. The molecule has 1 aliphatic heterocycles. The molecule has 1 aliphatic rings. The van der Waals surface area contributed by atoms with Gasteiger partial charge in [-0.1, -0.05) is 72.8 Å². The van der Waals surface area contributed by atoms with Gasteiger partial charge in [0.1, 0.15) is 0 Å². The fourth-order valence-corrected chi connectivity index (χ4v) is 5.22. The molecule has 0 spiro atoms. The molecule has 0 bridgehead atoms. The van der Waals surface area contributed by atoms with Crippen LogP contribution in [0, 0.1) is 0 Å². The summed E-state index contributed by atoms with van der Waals surface area (Å²) in [6.45, 7) is 2.11. The van der Waals surface area contributed by atoms with E-state index >= 15 is 0 Å². The maximum Gasteiger partial charge on any atom is 0.416 e. The quantitative estimate of drug-likeness (QED) is 0.247. The number of carbonyl (C=O) groups excluding carboxylic acids is 1. The Morgan fingerprint density at radius 2 is 1.44 bits per heavy atom. The number of amides is 1. The number of aromatic nitrogens is 2. The summed E-state index contributed by atoms with van der Waals surface area (Å²) in [5.41, 5.74) is 5.60. The van der Waals surface area contributed by atoms with Gasteiger partial charge in [-0.05, 0) is 42.3 Å². The number of likely N-dealkylation sites (tertiary alicyclic amines) is 1. The lowest BCUT2D eigenvalue weighted by Crippen LogP contribution is -2.37. The summed E-state index contributed by atoms with van der Waals surface area (Å²) in [7, 11) is 0. The Balaban J connectivity index is 1.14. The smallest absolute Gasteiger partial charge is 0.348 e. The van der Waals surface area contributed by atoms with Gasteiger partial charge in [0.2, 0.25) is 0 Å². The largest absolute Gasteiger partial charge is 0.416 e. The van der Waals surface area contributed by atoms with E-state index in [-0.39, 0.29) is 11.6 Å². The first kappa shape index (κ1) is 26.7. The molecule has 8 heteroatoms. The number of hydrogen-bond acceptors (Lipinski definition) is 4. The highest BCUT2D eigenvalue weighted by Gasteiger charge is 2.31. The Morgan fingerprint density at radius 3 is 2.10 bits per heavy atom. The van der Waals surface area contributed by atoms with Crippen LogP contribution in [-0.2, 0) is 12.7 Å². The number of halogens is 3. The maximum atomic E-state index is 13.0. The van der Waals surface area contributed by atoms with Crippen molar-refractivity contribution in [3.05, 3.63) is 120 Å². The Morgan fingerprint density at radius 1 is 0.805 bits per heavy atom. The molecule has 6 rings (SSSR count). The third-order valence-electron chi connectivity index (χ3n) is 7.31. The van der Waals surface area contributed by atoms with E-state index in [1.165, 1.54) is 12.1 Å². The van der Waals surface area contributed by atoms with Gasteiger partial charge in [-0.25, -0.2) is 9.97 Å². The maximum absolute atomic E-state index is 13.0. The number of carbonyl (C=O) groups is 1. The molecule has 4 aromatic carbocycles. The Kier molecular flexibility index (Phi) is 7.24. The van der Waals surface area contributed by atoms with Crippen molar-refractivity contribution in [2.45, 2.75) is 25.2 Å². The van der Waals surface area contributed by atoms with E-state index < -0.39 is 17.6 Å². The van der Waals surface area contributed by atoms with E-state index in [4.69, 9.17) is 9.97 Å². The van der Waals surface area contributed by atoms with Crippen LogP contribution in [0.1, 0.15) is 27.9 Å². The molecular weight excluding hydrogens is 525 g/mol. The Bertz CT molecular complexity index is 1690. The molecule has 0 saturated carbocycles. The normalized spacial score (nSPS) is 15.7. The number of para-hydroxylation sites is 2. The molecule has 5 aromatic rings. The predicted molar refractivity (Wildman–Crippen MR) is 153 cm³/mol. The molecule has 2 heterocycles. The second kappa shape index (κ2) is 11.1. The summed E-state index contributed by atoms with van der Waals surface area (Å²) in [6, 6.07) is 30.5. The van der Waals surface area contributed by atoms with Gasteiger partial charge in [0.05, 0.1) is 28.0 Å². The zero-order valence-electron chi connectivity index (χ0n) is 22.1. The lowest BCUT2D eigenvalue weighted by molar-refractivity contribution is -0.137. The SMILES string of the molecule is O=C(N[C@@H]1CCN(Cc2ccc(-c3nc4ccccc4nc3-c3ccccc3)cc2)C1)c1cccc(C(F)(F)F)c1. The van der Waals surface area contributed by atoms with Crippen molar-refractivity contribution in [1.82, 2.24) is 20.2 Å². The van der Waals surface area contributed by atoms with Crippen molar-refractivity contribution in [3.8, 4) is 22.5 Å². The molecule has 0 radical (unpaired) electrons. The first-order valence-electron chi connectivity index (χ1n) is 13.5. The topological polar surface area (TPSA) is 58.1 Å². The third kappa shape index (κ3) is 5.98. The minimum Gasteiger partial charge on any atom is -0.348 e. The molecular formula is C33H27F3N4O. The highest BCUT2D eigenvalue weighted by Crippen LogP contribution is 2.32. The predicted octanol–water partition coefficient (Wildman–Crippen LogP) is 6.99. The van der Waals surface area contributed by atoms with Crippen molar-refractivity contribution in [3.63, 3.8) is 0 Å². The van der Waals surface area contributed by atoms with Crippen LogP contribution >= 0.6 is 0 Å². The molecule has 0 aliphatic carbocycles. The van der Waals surface area contributed by atoms with E-state index in [1.54, 1.807) is 0 Å². The summed E-state index contributed by atoms with van der Waals surface area (Å²) in [4.78, 5) is 24.8. The fourth-order valence-electron chi connectivity index (χ4n) is 5.22. The number of nitrogens with one attached hydrogen (secondary N) is 1. The minimum absolute atomic E-state index is 0.0144. The summed E-state index contributed by atoms with van der Waals surface area (Å²) < 4.78 is 39.1. The minimum atomic E-state index is -4.49. The average Bonchev–Trinajstić information content (AvgIpc) is 3.43. The lowest BCUT2D eigenvalue weighted by atomic mass is 10.0. The second-order valence-corrected chi connectivity index (χ2v) is 10.2. The number of nitrogens with zero attached hydrogens (tertiary/aromatic N) is 3. The van der Waals surface area contributed by atoms with E-state index in [0.717, 1.165) is 64.2 Å². The van der Waals surface area contributed by atoms with Crippen LogP contribution in [0.2, 0.25) is 0 Å². The highest BCUT2D eigenvalue weighted by molar-refractivity contribution is 5.94. The van der Waals surface area contributed by atoms with Crippen LogP contribution in [0.25, 0.3) is 33.5 Å².